The predicted molar refractivity (Wildman–Crippen MR) is 186 cm³/mol. The first-order valence-electron chi connectivity index (χ1n) is 15.3. The van der Waals surface area contributed by atoms with Crippen LogP contribution in [0.5, 0.6) is 5.75 Å². The molecule has 0 spiro atoms. The Kier molecular flexibility index (Phi) is 9.94. The molecule has 9 heteroatoms. The zero-order chi connectivity index (χ0) is 32.4. The Morgan fingerprint density at radius 2 is 1.53 bits per heavy atom. The number of ether oxygens (including phenoxy) is 1. The largest absolute Gasteiger partial charge is 0.489 e. The van der Waals surface area contributed by atoms with Crippen LogP contribution in [0.2, 0.25) is 18.1 Å². The van der Waals surface area contributed by atoms with Crippen LogP contribution >= 0.6 is 15.9 Å². The summed E-state index contributed by atoms with van der Waals surface area (Å²) < 4.78 is 57.8. The number of para-hydroxylation sites is 1. The van der Waals surface area contributed by atoms with Gasteiger partial charge < -0.3 is 9.16 Å². The summed E-state index contributed by atoms with van der Waals surface area (Å²) >= 11 is 3.58. The summed E-state index contributed by atoms with van der Waals surface area (Å²) in [6.45, 7) is 11.2. The molecule has 4 aromatic carbocycles. The molecule has 1 fully saturated rings. The lowest BCUT2D eigenvalue weighted by Gasteiger charge is -2.49. The minimum atomic E-state index is -3.70. The zero-order valence-electron chi connectivity index (χ0n) is 26.4. The van der Waals surface area contributed by atoms with Crippen molar-refractivity contribution in [2.75, 3.05) is 4.31 Å². The topological polar surface area (TPSA) is 55.8 Å². The molecule has 3 atom stereocenters. The molecular weight excluding hydrogens is 669 g/mol. The number of nitrogens with zero attached hydrogens (tertiary/aromatic N) is 1. The van der Waals surface area contributed by atoms with E-state index in [4.69, 9.17) is 9.16 Å². The van der Waals surface area contributed by atoms with Crippen LogP contribution in [0.1, 0.15) is 62.4 Å². The fraction of sp³-hybridized carbons (Fsp3) is 0.333. The van der Waals surface area contributed by atoms with Gasteiger partial charge in [-0.25, -0.2) is 12.8 Å². The van der Waals surface area contributed by atoms with Crippen LogP contribution in [0, 0.1) is 5.82 Å². The van der Waals surface area contributed by atoms with Crippen molar-refractivity contribution in [1.29, 1.82) is 0 Å². The van der Waals surface area contributed by atoms with Gasteiger partial charge in [-0.15, -0.1) is 0 Å². The van der Waals surface area contributed by atoms with Crippen molar-refractivity contribution >= 4 is 40.0 Å². The van der Waals surface area contributed by atoms with Gasteiger partial charge in [-0.3, -0.25) is 4.31 Å². The highest BCUT2D eigenvalue weighted by Gasteiger charge is 2.55. The normalized spacial score (nSPS) is 18.7. The second-order valence-electron chi connectivity index (χ2n) is 13.1. The van der Waals surface area contributed by atoms with E-state index in [-0.39, 0.29) is 17.0 Å². The first-order valence-corrected chi connectivity index (χ1v) is 20.5. The highest BCUT2D eigenvalue weighted by molar-refractivity contribution is 9.10. The van der Waals surface area contributed by atoms with Crippen molar-refractivity contribution < 1.29 is 22.0 Å². The maximum absolute atomic E-state index is 14.1. The van der Waals surface area contributed by atoms with Gasteiger partial charge in [0.2, 0.25) is 10.0 Å². The SMILES string of the molecule is CC(C)(C)[Si](C)(C)O[C@@H](CC[C@H]1[C@@H](c2ccc(Br)cc2OCc2ccccc2)N(c2ccccc2)S1(=O)=O)c1ccc(F)cc1. The molecule has 45 heavy (non-hydrogen) atoms. The molecule has 1 aliphatic rings. The molecule has 1 saturated heterocycles. The summed E-state index contributed by atoms with van der Waals surface area (Å²) in [5.74, 6) is 0.315. The van der Waals surface area contributed by atoms with Crippen LogP contribution in [-0.2, 0) is 21.1 Å². The molecule has 0 N–H and O–H groups in total. The lowest BCUT2D eigenvalue weighted by molar-refractivity contribution is 0.168. The van der Waals surface area contributed by atoms with Gasteiger partial charge in [-0.2, -0.15) is 0 Å². The molecular formula is C36H41BrFNO4SSi. The summed E-state index contributed by atoms with van der Waals surface area (Å²) in [4.78, 5) is 0. The van der Waals surface area contributed by atoms with Gasteiger partial charge in [0.1, 0.15) is 23.4 Å². The first-order chi connectivity index (χ1) is 21.3. The minimum Gasteiger partial charge on any atom is -0.489 e. The van der Waals surface area contributed by atoms with Gasteiger partial charge in [-0.05, 0) is 78.5 Å². The van der Waals surface area contributed by atoms with E-state index in [1.165, 1.54) is 16.4 Å². The lowest BCUT2D eigenvalue weighted by atomic mass is 9.95. The van der Waals surface area contributed by atoms with Crippen LogP contribution in [0.15, 0.2) is 108 Å². The van der Waals surface area contributed by atoms with Crippen LogP contribution < -0.4 is 9.04 Å². The summed E-state index contributed by atoms with van der Waals surface area (Å²) in [5.41, 5.74) is 3.29. The molecule has 5 nitrogen and oxygen atoms in total. The van der Waals surface area contributed by atoms with Crippen molar-refractivity contribution in [3.63, 3.8) is 0 Å². The van der Waals surface area contributed by atoms with Crippen molar-refractivity contribution in [1.82, 2.24) is 0 Å². The van der Waals surface area contributed by atoms with Crippen LogP contribution in [0.25, 0.3) is 0 Å². The van der Waals surface area contributed by atoms with E-state index in [9.17, 15) is 12.8 Å². The van der Waals surface area contributed by atoms with Gasteiger partial charge in [0.05, 0.1) is 17.8 Å². The van der Waals surface area contributed by atoms with Crippen molar-refractivity contribution in [3.05, 3.63) is 130 Å². The zero-order valence-corrected chi connectivity index (χ0v) is 29.8. The summed E-state index contributed by atoms with van der Waals surface area (Å²) in [7, 11) is -5.95. The van der Waals surface area contributed by atoms with Crippen LogP contribution in [0.4, 0.5) is 10.1 Å². The van der Waals surface area contributed by atoms with Gasteiger partial charge >= 0.3 is 0 Å². The van der Waals surface area contributed by atoms with Gasteiger partial charge in [0.25, 0.3) is 0 Å². The molecule has 238 valence electrons. The quantitative estimate of drug-likeness (QED) is 0.146. The molecule has 0 aliphatic carbocycles. The third kappa shape index (κ3) is 7.37. The predicted octanol–water partition coefficient (Wildman–Crippen LogP) is 9.97. The Labute approximate surface area is 276 Å². The highest BCUT2D eigenvalue weighted by atomic mass is 79.9. The van der Waals surface area contributed by atoms with E-state index >= 15 is 0 Å². The van der Waals surface area contributed by atoms with Crippen LogP contribution in [-0.4, -0.2) is 22.0 Å². The summed E-state index contributed by atoms with van der Waals surface area (Å²) in [6, 6.07) is 30.8. The Hall–Kier alpha value is -2.98. The van der Waals surface area contributed by atoms with Gasteiger partial charge in [0, 0.05) is 10.0 Å². The molecule has 0 bridgehead atoms. The average molecular weight is 711 g/mol. The van der Waals surface area contributed by atoms with Crippen molar-refractivity contribution in [2.45, 2.75) is 75.7 Å². The molecule has 0 amide bonds. The Bertz CT molecular complexity index is 1700. The fourth-order valence-electron chi connectivity index (χ4n) is 5.50. The molecule has 0 unspecified atom stereocenters. The van der Waals surface area contributed by atoms with E-state index in [1.807, 2.05) is 78.9 Å². The maximum atomic E-state index is 14.1. The van der Waals surface area contributed by atoms with Crippen LogP contribution in [0.3, 0.4) is 0 Å². The Balaban J connectivity index is 1.50. The van der Waals surface area contributed by atoms with E-state index in [0.717, 1.165) is 21.2 Å². The summed E-state index contributed by atoms with van der Waals surface area (Å²) in [6.07, 6.45) is 0.464. The third-order valence-electron chi connectivity index (χ3n) is 9.00. The minimum absolute atomic E-state index is 0.0527. The molecule has 0 radical (unpaired) electrons. The van der Waals surface area contributed by atoms with Gasteiger partial charge in [-0.1, -0.05) is 103 Å². The molecule has 1 aliphatic heterocycles. The second-order valence-corrected chi connectivity index (χ2v) is 20.8. The highest BCUT2D eigenvalue weighted by Crippen LogP contribution is 2.51. The smallest absolute Gasteiger partial charge is 0.241 e. The first kappa shape index (κ1) is 33.4. The lowest BCUT2D eigenvalue weighted by Crippen LogP contribution is -2.58. The Morgan fingerprint density at radius 1 is 0.911 bits per heavy atom. The number of anilines is 1. The molecule has 5 rings (SSSR count). The van der Waals surface area contributed by atoms with E-state index < -0.39 is 29.6 Å². The van der Waals surface area contributed by atoms with E-state index in [0.29, 0.717) is 30.9 Å². The van der Waals surface area contributed by atoms with E-state index in [2.05, 4.69) is 49.8 Å². The third-order valence-corrected chi connectivity index (χ3v) is 16.2. The fourth-order valence-corrected chi connectivity index (χ4v) is 9.28. The molecule has 0 saturated carbocycles. The average Bonchev–Trinajstić information content (AvgIpc) is 2.99. The molecule has 0 aromatic heterocycles. The second kappa shape index (κ2) is 13.4. The number of hydrogen-bond acceptors (Lipinski definition) is 4. The number of halogens is 2. The monoisotopic (exact) mass is 709 g/mol. The molecule has 4 aromatic rings. The standard InChI is InChI=1S/C36H41BrFNO4SSi/c1-36(2,3)45(4,5)43-32(27-16-19-29(38)20-17-27)22-23-34-35(39(44(34,40)41)30-14-10-7-11-15-30)31-21-18-28(37)24-33(31)42-25-26-12-8-6-9-13-26/h6-21,24,32,34-35H,22-23,25H2,1-5H3/t32-,34-,35+/m0/s1. The van der Waals surface area contributed by atoms with Crippen molar-refractivity contribution in [3.8, 4) is 5.75 Å². The Morgan fingerprint density at radius 3 is 2.16 bits per heavy atom. The van der Waals surface area contributed by atoms with E-state index in [1.54, 1.807) is 12.1 Å². The van der Waals surface area contributed by atoms with Gasteiger partial charge in [0.15, 0.2) is 8.32 Å². The molecule has 1 heterocycles. The number of hydrogen-bond donors (Lipinski definition) is 0. The number of rotatable bonds is 11. The number of benzene rings is 4. The maximum Gasteiger partial charge on any atom is 0.241 e. The summed E-state index contributed by atoms with van der Waals surface area (Å²) in [5, 5.41) is -0.757. The van der Waals surface area contributed by atoms with Crippen molar-refractivity contribution in [2.24, 2.45) is 0 Å². The number of sulfonamides is 1.